The fraction of sp³-hybridized carbons (Fsp3) is 0.400. The summed E-state index contributed by atoms with van der Waals surface area (Å²) in [7, 11) is 5.02. The first-order valence-electron chi connectivity index (χ1n) is 25.3. The van der Waals surface area contributed by atoms with Gasteiger partial charge in [-0.25, -0.2) is 9.59 Å². The van der Waals surface area contributed by atoms with Crippen molar-refractivity contribution in [2.45, 2.75) is 86.2 Å². The number of aromatic hydroxyl groups is 2. The Morgan fingerprint density at radius 2 is 1.08 bits per heavy atom. The third-order valence-corrected chi connectivity index (χ3v) is 13.6. The molecule has 0 radical (unpaired) electrons. The van der Waals surface area contributed by atoms with Crippen molar-refractivity contribution in [1.29, 1.82) is 0 Å². The van der Waals surface area contributed by atoms with E-state index in [1.165, 1.54) is 89.1 Å². The number of esters is 2. The zero-order chi connectivity index (χ0) is 60.8. The highest BCUT2D eigenvalue weighted by atomic mass is 16.8. The molecular weight excluding hydrogens is 1120 g/mol. The molecule has 15 atom stereocenters. The van der Waals surface area contributed by atoms with E-state index >= 15 is 0 Å². The summed E-state index contributed by atoms with van der Waals surface area (Å²) in [5.74, 6) is -6.97. The van der Waals surface area contributed by atoms with Crippen LogP contribution in [0.4, 0.5) is 0 Å². The third kappa shape index (κ3) is 13.1. The Kier molecular flexibility index (Phi) is 20.0. The molecule has 3 saturated heterocycles. The molecule has 3 fully saturated rings. The lowest BCUT2D eigenvalue weighted by Crippen LogP contribution is -2.64. The van der Waals surface area contributed by atoms with Gasteiger partial charge in [0, 0.05) is 29.8 Å². The van der Waals surface area contributed by atoms with E-state index in [4.69, 9.17) is 61.3 Å². The Morgan fingerprint density at radius 3 is 1.65 bits per heavy atom. The zero-order valence-corrected chi connectivity index (χ0v) is 44.7. The normalized spacial score (nSPS) is 28.0. The Bertz CT molecular complexity index is 3200. The number of fused-ring (bicyclic) bond motifs is 1. The van der Waals surface area contributed by atoms with Crippen molar-refractivity contribution in [3.8, 4) is 68.8 Å². The summed E-state index contributed by atoms with van der Waals surface area (Å²) in [6.45, 7) is -2.36. The van der Waals surface area contributed by atoms with Gasteiger partial charge in [-0.1, -0.05) is 0 Å². The van der Waals surface area contributed by atoms with Gasteiger partial charge in [-0.15, -0.1) is 0 Å². The first-order chi connectivity index (χ1) is 40.2. The molecule has 4 aromatic carbocycles. The van der Waals surface area contributed by atoms with Crippen molar-refractivity contribution in [3.05, 3.63) is 94.2 Å². The summed E-state index contributed by atoms with van der Waals surface area (Å²) >= 11 is 0. The highest BCUT2D eigenvalue weighted by molar-refractivity contribution is 5.96. The molecule has 0 aliphatic carbocycles. The number of phenolic OH excluding ortho intramolecular Hbond substituents is 2. The number of aliphatic hydroxyl groups excluding tert-OH is 11. The molecule has 29 heteroatoms. The number of methoxy groups -OCH3 is 4. The molecule has 29 nitrogen and oxygen atoms in total. The van der Waals surface area contributed by atoms with Crippen LogP contribution in [0.15, 0.2) is 82.0 Å². The van der Waals surface area contributed by atoms with Crippen LogP contribution in [-0.2, 0) is 28.5 Å². The van der Waals surface area contributed by atoms with Crippen LogP contribution in [0, 0.1) is 5.92 Å². The second kappa shape index (κ2) is 26.9. The maximum Gasteiger partial charge on any atom is 0.336 e. The Balaban J connectivity index is 1.05. The van der Waals surface area contributed by atoms with E-state index in [0.29, 0.717) is 0 Å². The quantitative estimate of drug-likeness (QED) is 0.0240. The van der Waals surface area contributed by atoms with Crippen molar-refractivity contribution in [2.75, 3.05) is 48.3 Å². The van der Waals surface area contributed by atoms with E-state index in [-0.39, 0.29) is 68.3 Å². The lowest BCUT2D eigenvalue weighted by atomic mass is 9.93. The van der Waals surface area contributed by atoms with Crippen LogP contribution >= 0.6 is 0 Å². The van der Waals surface area contributed by atoms with Crippen molar-refractivity contribution in [3.63, 3.8) is 0 Å². The number of carbonyl (C=O) groups excluding carboxylic acids is 2. The summed E-state index contributed by atoms with van der Waals surface area (Å²) in [5.41, 5.74) is -0.558. The monoisotopic (exact) mass is 1180 g/mol. The summed E-state index contributed by atoms with van der Waals surface area (Å²) in [4.78, 5) is 41.0. The molecule has 0 spiro atoms. The summed E-state index contributed by atoms with van der Waals surface area (Å²) in [5, 5.41) is 135. The highest BCUT2D eigenvalue weighted by Gasteiger charge is 2.52. The van der Waals surface area contributed by atoms with Gasteiger partial charge in [-0.05, 0) is 71.8 Å². The first kappa shape index (κ1) is 62.4. The molecule has 454 valence electrons. The van der Waals surface area contributed by atoms with Crippen molar-refractivity contribution in [1.82, 2.24) is 0 Å². The minimum Gasteiger partial charge on any atom is -0.504 e. The van der Waals surface area contributed by atoms with Gasteiger partial charge >= 0.3 is 11.9 Å². The molecule has 0 amide bonds. The molecule has 3 aliphatic rings. The number of phenols is 2. The maximum atomic E-state index is 13.8. The number of hydrogen-bond acceptors (Lipinski definition) is 29. The molecule has 4 heterocycles. The number of ether oxygens (including phenoxy) is 12. The second-order valence-corrected chi connectivity index (χ2v) is 18.9. The lowest BCUT2D eigenvalue weighted by molar-refractivity contribution is -0.369. The van der Waals surface area contributed by atoms with Gasteiger partial charge in [-0.3, -0.25) is 4.79 Å². The fourth-order valence-corrected chi connectivity index (χ4v) is 9.12. The van der Waals surface area contributed by atoms with Crippen molar-refractivity contribution >= 4 is 35.1 Å². The lowest BCUT2D eigenvalue weighted by Gasteiger charge is -2.46. The molecule has 5 aromatic rings. The molecule has 0 bridgehead atoms. The van der Waals surface area contributed by atoms with Gasteiger partial charge in [0.05, 0.1) is 60.3 Å². The van der Waals surface area contributed by atoms with Gasteiger partial charge in [0.15, 0.2) is 52.5 Å². The predicted molar refractivity (Wildman–Crippen MR) is 281 cm³/mol. The Morgan fingerprint density at radius 1 is 0.536 bits per heavy atom. The van der Waals surface area contributed by atoms with Gasteiger partial charge in [0.2, 0.25) is 29.8 Å². The van der Waals surface area contributed by atoms with Gasteiger partial charge < -0.3 is 128 Å². The second-order valence-electron chi connectivity index (χ2n) is 18.9. The van der Waals surface area contributed by atoms with Crippen LogP contribution in [0.1, 0.15) is 11.1 Å². The van der Waals surface area contributed by atoms with E-state index in [1.807, 2.05) is 0 Å². The first-order valence-corrected chi connectivity index (χ1v) is 25.3. The summed E-state index contributed by atoms with van der Waals surface area (Å²) < 4.78 is 72.2. The zero-order valence-electron chi connectivity index (χ0n) is 44.7. The molecule has 84 heavy (non-hydrogen) atoms. The number of benzene rings is 4. The van der Waals surface area contributed by atoms with E-state index in [9.17, 15) is 80.8 Å². The number of carbonyl (C=O) groups is 2. The molecule has 3 aliphatic heterocycles. The smallest absolute Gasteiger partial charge is 0.336 e. The minimum absolute atomic E-state index is 0.000137. The van der Waals surface area contributed by atoms with Crippen LogP contribution in [0.3, 0.4) is 0 Å². The van der Waals surface area contributed by atoms with Gasteiger partial charge in [0.25, 0.3) is 0 Å². The maximum absolute atomic E-state index is 13.8. The van der Waals surface area contributed by atoms with Crippen LogP contribution < -0.4 is 43.3 Å². The average Bonchev–Trinajstić information content (AvgIpc) is 1.80. The van der Waals surface area contributed by atoms with Crippen LogP contribution in [0.2, 0.25) is 0 Å². The fourth-order valence-electron chi connectivity index (χ4n) is 9.12. The average molecular weight is 1190 g/mol. The molecule has 8 rings (SSSR count). The van der Waals surface area contributed by atoms with Crippen LogP contribution in [0.25, 0.3) is 34.4 Å². The topological polar surface area (TPSA) is 438 Å². The molecule has 1 aromatic heterocycles. The predicted octanol–water partition coefficient (Wildman–Crippen LogP) is -1.47. The van der Waals surface area contributed by atoms with E-state index < -0.39 is 152 Å². The van der Waals surface area contributed by atoms with Crippen LogP contribution in [0.5, 0.6) is 57.5 Å². The van der Waals surface area contributed by atoms with Crippen LogP contribution in [-0.4, -0.2) is 213 Å². The van der Waals surface area contributed by atoms with E-state index in [2.05, 4.69) is 0 Å². The summed E-state index contributed by atoms with van der Waals surface area (Å²) in [6, 6.07) is 13.0. The Hall–Kier alpha value is -7.69. The third-order valence-electron chi connectivity index (χ3n) is 13.6. The molecule has 0 saturated carbocycles. The number of hydrogen-bond donors (Lipinski definition) is 13. The molecular formula is C55H60O29. The molecule has 13 N–H and O–H groups in total. The van der Waals surface area contributed by atoms with E-state index in [1.54, 1.807) is 0 Å². The molecule has 3 unspecified atom stereocenters. The van der Waals surface area contributed by atoms with Crippen molar-refractivity contribution in [2.24, 2.45) is 5.92 Å². The number of aliphatic hydroxyl groups is 11. The largest absolute Gasteiger partial charge is 0.504 e. The highest BCUT2D eigenvalue weighted by Crippen LogP contribution is 2.45. The minimum atomic E-state index is -1.97. The van der Waals surface area contributed by atoms with Crippen molar-refractivity contribution < 1.29 is 137 Å². The number of rotatable bonds is 20. The Labute approximate surface area is 474 Å². The summed E-state index contributed by atoms with van der Waals surface area (Å²) in [6.07, 6.45) is -19.5. The van der Waals surface area contributed by atoms with E-state index in [0.717, 1.165) is 24.3 Å². The van der Waals surface area contributed by atoms with Gasteiger partial charge in [0.1, 0.15) is 77.4 Å². The standard InChI is InChI=1S/C55H60O29/c1-72-30-13-22(14-31(73-2)41(30)63)5-11-37(60)78-34-18-29-39(27(59)17-28(77-29)24-7-9-25(10-8-24)76-54-47(69)44(66)42(64)35(20-57)79-54)43(65)50(34)81-38(61)12-6-23-15-32(74-3)49(33(16-23)75-4)82-55-48(70)45(67)51(36(21-58)80-55)83-53-26(19-56)40(62)46(68)52(71)84-53/h5-18,26,35-36,40,42,44-48,51-58,62-71H,19-21H2,1-4H3/b11-5+,12-6+/t26-,35+,36+,40-,42+,44-,45+,46+,47+,48+,51+,52+,53?,54?,55?/m0/s1. The van der Waals surface area contributed by atoms with Gasteiger partial charge in [-0.2, -0.15) is 0 Å². The SMILES string of the molecule is COc1cc(/C=C/C(=O)Oc2cc3oc(-c4ccc(OC5O[C@H](CO)[C@@H](O)[C@H](O)[C@H]5O)cc4)cc(=O)c3c(O)c2OC(=O)/C=C/c2cc(OC)c(OC3O[C@H](CO)[C@@H](OC4O[C@@H](O)[C@H](O)[C@@H](O)[C@@H]4CO)[C@H](O)[C@H]3O)c(OC)c2)cc(OC)c1O.